The topological polar surface area (TPSA) is 67.5 Å². The summed E-state index contributed by atoms with van der Waals surface area (Å²) in [6.07, 6.45) is 4.72. The van der Waals surface area contributed by atoms with Crippen molar-refractivity contribution in [2.75, 3.05) is 18.9 Å². The van der Waals surface area contributed by atoms with Gasteiger partial charge in [0.05, 0.1) is 5.54 Å². The van der Waals surface area contributed by atoms with Crippen LogP contribution in [0.4, 0.5) is 5.69 Å². The molecule has 1 unspecified atom stereocenters. The number of nitrogens with one attached hydrogen (secondary N) is 1. The number of terminal acetylenes is 1. The van der Waals surface area contributed by atoms with Crippen molar-refractivity contribution < 1.29 is 9.84 Å². The minimum atomic E-state index is -0.616. The Morgan fingerprint density at radius 2 is 2.06 bits per heavy atom. The largest absolute Gasteiger partial charge is 0.491 e. The smallest absolute Gasteiger partial charge is 0.119 e. The number of nitrogen functional groups attached to an aromatic ring is 1. The van der Waals surface area contributed by atoms with Crippen LogP contribution in [0.25, 0.3) is 0 Å². The number of hydrogen-bond acceptors (Lipinski definition) is 4. The molecule has 4 nitrogen and oxygen atoms in total. The Hall–Kier alpha value is -1.70. The molecule has 0 heterocycles. The fourth-order valence-electron chi connectivity index (χ4n) is 1.24. The van der Waals surface area contributed by atoms with Crippen LogP contribution in [-0.4, -0.2) is 29.9 Å². The van der Waals surface area contributed by atoms with Gasteiger partial charge in [-0.05, 0) is 38.1 Å². The molecule has 0 aliphatic rings. The third kappa shape index (κ3) is 5.09. The van der Waals surface area contributed by atoms with E-state index in [9.17, 15) is 5.11 Å². The fraction of sp³-hybridized carbons (Fsp3) is 0.429. The molecule has 0 radical (unpaired) electrons. The van der Waals surface area contributed by atoms with Crippen LogP contribution in [0, 0.1) is 12.3 Å². The van der Waals surface area contributed by atoms with Gasteiger partial charge in [-0.25, -0.2) is 0 Å². The summed E-state index contributed by atoms with van der Waals surface area (Å²) in [7, 11) is 0. The second-order valence-corrected chi connectivity index (χ2v) is 4.68. The summed E-state index contributed by atoms with van der Waals surface area (Å²) in [5.41, 5.74) is 5.81. The van der Waals surface area contributed by atoms with Crippen LogP contribution < -0.4 is 15.8 Å². The molecule has 0 aromatic heterocycles. The Morgan fingerprint density at radius 1 is 1.44 bits per heavy atom. The number of ether oxygens (including phenoxy) is 1. The van der Waals surface area contributed by atoms with Crippen molar-refractivity contribution in [2.24, 2.45) is 0 Å². The molecule has 0 bridgehead atoms. The average Bonchev–Trinajstić information content (AvgIpc) is 2.36. The van der Waals surface area contributed by atoms with Crippen LogP contribution in [0.1, 0.15) is 13.8 Å². The maximum absolute atomic E-state index is 9.74. The van der Waals surface area contributed by atoms with E-state index in [1.807, 2.05) is 13.8 Å². The zero-order valence-corrected chi connectivity index (χ0v) is 10.8. The van der Waals surface area contributed by atoms with Gasteiger partial charge in [0.15, 0.2) is 0 Å². The number of β-amino-alcohol motifs (C(OH)–C–C–N with tert-alkyl or cyclic N) is 1. The van der Waals surface area contributed by atoms with Gasteiger partial charge in [-0.15, -0.1) is 6.42 Å². The number of rotatable bonds is 6. The van der Waals surface area contributed by atoms with Crippen LogP contribution in [0.5, 0.6) is 5.75 Å². The molecule has 98 valence electrons. The molecule has 1 aromatic carbocycles. The van der Waals surface area contributed by atoms with Gasteiger partial charge in [0.1, 0.15) is 18.5 Å². The van der Waals surface area contributed by atoms with Crippen LogP contribution in [0.15, 0.2) is 24.3 Å². The first-order valence-electron chi connectivity index (χ1n) is 5.82. The first kappa shape index (κ1) is 14.4. The molecule has 0 aliphatic heterocycles. The molecule has 18 heavy (non-hydrogen) atoms. The minimum absolute atomic E-state index is 0.206. The summed E-state index contributed by atoms with van der Waals surface area (Å²) in [6, 6.07) is 7.03. The summed E-state index contributed by atoms with van der Waals surface area (Å²) in [4.78, 5) is 0. The van der Waals surface area contributed by atoms with E-state index >= 15 is 0 Å². The molecule has 0 saturated carbocycles. The maximum atomic E-state index is 9.74. The lowest BCUT2D eigenvalue weighted by atomic mass is 10.1. The van der Waals surface area contributed by atoms with E-state index < -0.39 is 11.6 Å². The molecular weight excluding hydrogens is 228 g/mol. The van der Waals surface area contributed by atoms with Gasteiger partial charge in [0.25, 0.3) is 0 Å². The highest BCUT2D eigenvalue weighted by atomic mass is 16.5. The normalized spacial score (nSPS) is 12.8. The Balaban J connectivity index is 2.31. The number of aliphatic hydroxyl groups excluding tert-OH is 1. The molecule has 4 N–H and O–H groups in total. The molecule has 0 spiro atoms. The lowest BCUT2D eigenvalue weighted by Crippen LogP contribution is -2.43. The van der Waals surface area contributed by atoms with Crippen molar-refractivity contribution in [3.63, 3.8) is 0 Å². The van der Waals surface area contributed by atoms with E-state index in [-0.39, 0.29) is 6.61 Å². The Bertz CT molecular complexity index is 407. The van der Waals surface area contributed by atoms with Gasteiger partial charge in [-0.1, -0.05) is 5.92 Å². The van der Waals surface area contributed by atoms with E-state index in [0.717, 1.165) is 0 Å². The molecule has 0 aliphatic carbocycles. The summed E-state index contributed by atoms with van der Waals surface area (Å²) in [5, 5.41) is 12.8. The van der Waals surface area contributed by atoms with Gasteiger partial charge < -0.3 is 15.6 Å². The van der Waals surface area contributed by atoms with Gasteiger partial charge in [-0.3, -0.25) is 5.32 Å². The van der Waals surface area contributed by atoms with Crippen LogP contribution in [0.3, 0.4) is 0 Å². The van der Waals surface area contributed by atoms with Gasteiger partial charge in [0.2, 0.25) is 0 Å². The predicted octanol–water partition coefficient (Wildman–Crippen LogP) is 1.01. The number of hydrogen-bond donors (Lipinski definition) is 3. The SMILES string of the molecule is C#CC(C)(C)NCC(O)COc1ccc(N)cc1. The zero-order chi connectivity index (χ0) is 13.6. The van der Waals surface area contributed by atoms with Gasteiger partial charge in [-0.2, -0.15) is 0 Å². The Labute approximate surface area is 108 Å². The average molecular weight is 248 g/mol. The van der Waals surface area contributed by atoms with Crippen molar-refractivity contribution in [3.05, 3.63) is 24.3 Å². The monoisotopic (exact) mass is 248 g/mol. The number of nitrogens with two attached hydrogens (primary N) is 1. The Morgan fingerprint density at radius 3 is 2.61 bits per heavy atom. The number of anilines is 1. The third-order valence-electron chi connectivity index (χ3n) is 2.46. The van der Waals surface area contributed by atoms with E-state index in [1.165, 1.54) is 0 Å². The van der Waals surface area contributed by atoms with Crippen molar-refractivity contribution in [3.8, 4) is 18.1 Å². The van der Waals surface area contributed by atoms with Crippen molar-refractivity contribution >= 4 is 5.69 Å². The minimum Gasteiger partial charge on any atom is -0.491 e. The molecule has 1 rings (SSSR count). The molecule has 0 saturated heterocycles. The maximum Gasteiger partial charge on any atom is 0.119 e. The summed E-state index contributed by atoms with van der Waals surface area (Å²) in [6.45, 7) is 4.34. The predicted molar refractivity (Wildman–Crippen MR) is 73.3 cm³/mol. The molecule has 4 heteroatoms. The number of aliphatic hydroxyl groups is 1. The zero-order valence-electron chi connectivity index (χ0n) is 10.8. The molecule has 0 amide bonds. The number of benzene rings is 1. The molecule has 0 fully saturated rings. The quantitative estimate of drug-likeness (QED) is 0.519. The van der Waals surface area contributed by atoms with E-state index in [0.29, 0.717) is 18.0 Å². The highest BCUT2D eigenvalue weighted by Gasteiger charge is 2.15. The van der Waals surface area contributed by atoms with Crippen molar-refractivity contribution in [1.82, 2.24) is 5.32 Å². The third-order valence-corrected chi connectivity index (χ3v) is 2.46. The lowest BCUT2D eigenvalue weighted by molar-refractivity contribution is 0.102. The van der Waals surface area contributed by atoms with Crippen LogP contribution in [0.2, 0.25) is 0 Å². The van der Waals surface area contributed by atoms with E-state index in [2.05, 4.69) is 11.2 Å². The summed E-state index contributed by atoms with van der Waals surface area (Å²) < 4.78 is 5.42. The summed E-state index contributed by atoms with van der Waals surface area (Å²) in [5.74, 6) is 3.28. The van der Waals surface area contributed by atoms with Crippen molar-refractivity contribution in [1.29, 1.82) is 0 Å². The Kier molecular flexibility index (Phi) is 5.02. The molecule has 1 aromatic rings. The van der Waals surface area contributed by atoms with E-state index in [1.54, 1.807) is 24.3 Å². The van der Waals surface area contributed by atoms with Crippen LogP contribution in [-0.2, 0) is 0 Å². The van der Waals surface area contributed by atoms with Gasteiger partial charge >= 0.3 is 0 Å². The second-order valence-electron chi connectivity index (χ2n) is 4.68. The van der Waals surface area contributed by atoms with Crippen LogP contribution >= 0.6 is 0 Å². The highest BCUT2D eigenvalue weighted by Crippen LogP contribution is 2.13. The first-order chi connectivity index (χ1) is 8.43. The molecule has 1 atom stereocenters. The second kappa shape index (κ2) is 6.29. The van der Waals surface area contributed by atoms with E-state index in [4.69, 9.17) is 16.9 Å². The van der Waals surface area contributed by atoms with Crippen molar-refractivity contribution in [2.45, 2.75) is 25.5 Å². The summed E-state index contributed by atoms with van der Waals surface area (Å²) >= 11 is 0. The standard InChI is InChI=1S/C14H20N2O2/c1-4-14(2,3)16-9-12(17)10-18-13-7-5-11(15)6-8-13/h1,5-8,12,16-17H,9-10,15H2,2-3H3. The lowest BCUT2D eigenvalue weighted by Gasteiger charge is -2.22. The first-order valence-corrected chi connectivity index (χ1v) is 5.82. The highest BCUT2D eigenvalue weighted by molar-refractivity contribution is 5.41. The van der Waals surface area contributed by atoms with Gasteiger partial charge in [0, 0.05) is 12.2 Å². The fourth-order valence-corrected chi connectivity index (χ4v) is 1.24. The molecular formula is C14H20N2O2.